The van der Waals surface area contributed by atoms with Crippen LogP contribution in [0.1, 0.15) is 0 Å². The second-order valence-electron chi connectivity index (χ2n) is 7.95. The van der Waals surface area contributed by atoms with Crippen molar-refractivity contribution >= 4 is 56.0 Å². The van der Waals surface area contributed by atoms with Crippen molar-refractivity contribution in [2.75, 3.05) is 0 Å². The highest BCUT2D eigenvalue weighted by atomic mass is 35.5. The number of benzene rings is 3. The van der Waals surface area contributed by atoms with Crippen molar-refractivity contribution in [3.05, 3.63) is 96.0 Å². The van der Waals surface area contributed by atoms with Gasteiger partial charge in [0.2, 0.25) is 0 Å². The third kappa shape index (κ3) is 2.64. The Balaban J connectivity index is 1.68. The molecule has 0 saturated carbocycles. The van der Waals surface area contributed by atoms with Gasteiger partial charge < -0.3 is 0 Å². The number of hydrogen-bond acceptors (Lipinski definition) is 4. The van der Waals surface area contributed by atoms with Crippen molar-refractivity contribution in [3.8, 4) is 22.5 Å². The quantitative estimate of drug-likeness (QED) is 0.257. The molecule has 3 aromatic carbocycles. The van der Waals surface area contributed by atoms with E-state index in [9.17, 15) is 0 Å². The molecule has 0 spiro atoms. The highest BCUT2D eigenvalue weighted by Gasteiger charge is 2.21. The summed E-state index contributed by atoms with van der Waals surface area (Å²) in [4.78, 5) is 17.5. The van der Waals surface area contributed by atoms with Gasteiger partial charge in [0.05, 0.1) is 23.8 Å². The van der Waals surface area contributed by atoms with Crippen LogP contribution in [0.4, 0.5) is 0 Å². The van der Waals surface area contributed by atoms with Crippen LogP contribution in [0.2, 0.25) is 10.3 Å². The van der Waals surface area contributed by atoms with Gasteiger partial charge in [-0.15, -0.1) is 0 Å². The second kappa shape index (κ2) is 7.25. The molecule has 0 bridgehead atoms. The Bertz CT molecular complexity index is 1710. The maximum Gasteiger partial charge on any atom is 0.175 e. The highest BCUT2D eigenvalue weighted by Crippen LogP contribution is 2.43. The van der Waals surface area contributed by atoms with E-state index in [0.29, 0.717) is 21.6 Å². The predicted molar refractivity (Wildman–Crippen MR) is 135 cm³/mol. The average molecular weight is 481 g/mol. The van der Waals surface area contributed by atoms with Gasteiger partial charge in [-0.1, -0.05) is 71.7 Å². The fourth-order valence-corrected chi connectivity index (χ4v) is 5.22. The van der Waals surface area contributed by atoms with E-state index in [0.717, 1.165) is 44.1 Å². The van der Waals surface area contributed by atoms with Crippen LogP contribution >= 0.6 is 23.2 Å². The molecule has 34 heavy (non-hydrogen) atoms. The summed E-state index contributed by atoms with van der Waals surface area (Å²) in [5.41, 5.74) is 5.31. The number of halogens is 2. The highest BCUT2D eigenvalue weighted by molar-refractivity contribution is 6.32. The Kier molecular flexibility index (Phi) is 4.15. The zero-order valence-corrected chi connectivity index (χ0v) is 19.0. The van der Waals surface area contributed by atoms with Gasteiger partial charge in [0.15, 0.2) is 21.6 Å². The van der Waals surface area contributed by atoms with Crippen LogP contribution in [-0.2, 0) is 0 Å². The van der Waals surface area contributed by atoms with E-state index in [1.165, 1.54) is 0 Å². The van der Waals surface area contributed by atoms with Gasteiger partial charge in [-0.2, -0.15) is 0 Å². The minimum absolute atomic E-state index is 0.371. The van der Waals surface area contributed by atoms with E-state index in [1.807, 2.05) is 33.6 Å². The Morgan fingerprint density at radius 1 is 0.529 bits per heavy atom. The molecule has 0 radical (unpaired) electrons. The molecule has 0 unspecified atom stereocenters. The lowest BCUT2D eigenvalue weighted by atomic mass is 9.89. The molecule has 0 atom stereocenters. The summed E-state index contributed by atoms with van der Waals surface area (Å²) >= 11 is 12.7. The molecule has 162 valence electrons. The lowest BCUT2D eigenvalue weighted by molar-refractivity contribution is 1.13. The molecule has 7 aromatic rings. The van der Waals surface area contributed by atoms with Gasteiger partial charge in [-0.25, -0.2) is 19.9 Å². The van der Waals surface area contributed by atoms with Crippen LogP contribution in [0.15, 0.2) is 85.7 Å². The van der Waals surface area contributed by atoms with Crippen molar-refractivity contribution in [2.24, 2.45) is 0 Å². The van der Waals surface area contributed by atoms with Gasteiger partial charge in [0.1, 0.15) is 0 Å². The molecule has 0 amide bonds. The van der Waals surface area contributed by atoms with E-state index in [-0.39, 0.29) is 0 Å². The Hall–Kier alpha value is -4.00. The summed E-state index contributed by atoms with van der Waals surface area (Å²) in [5, 5.41) is 5.13. The minimum atomic E-state index is 0.371. The molecular formula is C26H14Cl2N6. The third-order valence-corrected chi connectivity index (χ3v) is 6.75. The first-order chi connectivity index (χ1) is 16.7. The molecule has 0 N–H and O–H groups in total. The number of fused-ring (bicyclic) bond motifs is 4. The van der Waals surface area contributed by atoms with Gasteiger partial charge >= 0.3 is 0 Å². The van der Waals surface area contributed by atoms with Crippen LogP contribution in [0.5, 0.6) is 0 Å². The largest absolute Gasteiger partial charge is 0.296 e. The Morgan fingerprint density at radius 2 is 0.912 bits per heavy atom. The SMILES string of the molecule is Clc1nccn2c(-c3c4ccccc4c(-c4cnc5c(Cl)nccn45)c4ccccc34)cnc12. The van der Waals surface area contributed by atoms with E-state index in [2.05, 4.69) is 68.5 Å². The topological polar surface area (TPSA) is 60.4 Å². The molecule has 4 aromatic heterocycles. The number of nitrogens with zero attached hydrogens (tertiary/aromatic N) is 6. The Morgan fingerprint density at radius 3 is 1.29 bits per heavy atom. The van der Waals surface area contributed by atoms with Gasteiger partial charge in [0, 0.05) is 35.9 Å². The first kappa shape index (κ1) is 19.5. The van der Waals surface area contributed by atoms with Crippen molar-refractivity contribution < 1.29 is 0 Å². The molecule has 0 fully saturated rings. The molecule has 0 aliphatic heterocycles. The van der Waals surface area contributed by atoms with Crippen molar-refractivity contribution in [1.29, 1.82) is 0 Å². The van der Waals surface area contributed by atoms with Gasteiger partial charge in [-0.3, -0.25) is 8.80 Å². The maximum atomic E-state index is 6.34. The lowest BCUT2D eigenvalue weighted by Crippen LogP contribution is -1.96. The average Bonchev–Trinajstić information content (AvgIpc) is 3.49. The fraction of sp³-hybridized carbons (Fsp3) is 0. The van der Waals surface area contributed by atoms with Crippen LogP contribution in [-0.4, -0.2) is 28.7 Å². The summed E-state index contributed by atoms with van der Waals surface area (Å²) in [7, 11) is 0. The minimum Gasteiger partial charge on any atom is -0.296 e. The first-order valence-corrected chi connectivity index (χ1v) is 11.4. The fourth-order valence-electron chi connectivity index (χ4n) is 4.83. The summed E-state index contributed by atoms with van der Waals surface area (Å²) in [6, 6.07) is 16.8. The second-order valence-corrected chi connectivity index (χ2v) is 8.67. The van der Waals surface area contributed by atoms with Gasteiger partial charge in [0.25, 0.3) is 0 Å². The number of hydrogen-bond donors (Lipinski definition) is 0. The zero-order valence-electron chi connectivity index (χ0n) is 17.5. The van der Waals surface area contributed by atoms with Crippen molar-refractivity contribution in [1.82, 2.24) is 28.7 Å². The van der Waals surface area contributed by atoms with E-state index < -0.39 is 0 Å². The standard InChI is InChI=1S/C26H14Cl2N6/c27-23-25-31-13-19(33(25)11-9-29-23)21-15-5-1-2-6-16(15)22(18-8-4-3-7-17(18)21)20-14-32-26-24(28)30-10-12-34(20)26/h1-14H. The molecule has 6 nitrogen and oxygen atoms in total. The van der Waals surface area contributed by atoms with Gasteiger partial charge in [-0.05, 0) is 21.5 Å². The normalized spacial score (nSPS) is 11.8. The van der Waals surface area contributed by atoms with Crippen LogP contribution in [0.3, 0.4) is 0 Å². The van der Waals surface area contributed by atoms with Crippen molar-refractivity contribution in [3.63, 3.8) is 0 Å². The van der Waals surface area contributed by atoms with Crippen LogP contribution in [0, 0.1) is 0 Å². The molecular weight excluding hydrogens is 467 g/mol. The molecule has 0 aliphatic rings. The molecule has 4 heterocycles. The molecule has 0 aliphatic carbocycles. The smallest absolute Gasteiger partial charge is 0.175 e. The first-order valence-electron chi connectivity index (χ1n) is 10.6. The van der Waals surface area contributed by atoms with E-state index in [1.54, 1.807) is 12.4 Å². The molecule has 8 heteroatoms. The summed E-state index contributed by atoms with van der Waals surface area (Å²) in [6.07, 6.45) is 10.9. The number of aromatic nitrogens is 6. The molecule has 7 rings (SSSR count). The lowest BCUT2D eigenvalue weighted by Gasteiger charge is -2.17. The van der Waals surface area contributed by atoms with Crippen LogP contribution in [0.25, 0.3) is 55.4 Å². The zero-order chi connectivity index (χ0) is 22.8. The summed E-state index contributed by atoms with van der Waals surface area (Å²) < 4.78 is 3.98. The predicted octanol–water partition coefficient (Wildman–Crippen LogP) is 6.72. The number of rotatable bonds is 2. The molecule has 0 saturated heterocycles. The number of imidazole rings is 2. The van der Waals surface area contributed by atoms with E-state index in [4.69, 9.17) is 23.2 Å². The third-order valence-electron chi connectivity index (χ3n) is 6.21. The Labute approximate surface area is 203 Å². The monoisotopic (exact) mass is 480 g/mol. The van der Waals surface area contributed by atoms with E-state index >= 15 is 0 Å². The summed E-state index contributed by atoms with van der Waals surface area (Å²) in [6.45, 7) is 0. The maximum absolute atomic E-state index is 6.34. The summed E-state index contributed by atoms with van der Waals surface area (Å²) in [5.74, 6) is 0. The van der Waals surface area contributed by atoms with Crippen LogP contribution < -0.4 is 0 Å². The van der Waals surface area contributed by atoms with Crippen molar-refractivity contribution in [2.45, 2.75) is 0 Å².